The van der Waals surface area contributed by atoms with Crippen LogP contribution in [0.2, 0.25) is 10.0 Å². The fourth-order valence-electron chi connectivity index (χ4n) is 1.97. The molecule has 1 N–H and O–H groups in total. The van der Waals surface area contributed by atoms with Crippen LogP contribution in [0.25, 0.3) is 0 Å². The smallest absolute Gasteiger partial charge is 0.0595 e. The molecule has 0 bridgehead atoms. The first-order valence-electron chi connectivity index (χ1n) is 6.15. The number of nitrogens with zero attached hydrogens (tertiary/aromatic N) is 2. The summed E-state index contributed by atoms with van der Waals surface area (Å²) in [5.74, 6) is 0. The minimum atomic E-state index is 0.239. The Morgan fingerprint density at radius 2 is 2.05 bits per heavy atom. The highest BCUT2D eigenvalue weighted by atomic mass is 35.5. The molecule has 102 valence electrons. The summed E-state index contributed by atoms with van der Waals surface area (Å²) >= 11 is 11.9. The van der Waals surface area contributed by atoms with Crippen LogP contribution in [0.4, 0.5) is 0 Å². The zero-order valence-electron chi connectivity index (χ0n) is 11.2. The summed E-state index contributed by atoms with van der Waals surface area (Å²) in [6, 6.07) is 5.92. The molecular weight excluding hydrogens is 281 g/mol. The summed E-state index contributed by atoms with van der Waals surface area (Å²) in [4.78, 5) is 0. The van der Waals surface area contributed by atoms with Crippen LogP contribution in [-0.4, -0.2) is 9.78 Å². The van der Waals surface area contributed by atoms with Crippen LogP contribution in [0.5, 0.6) is 0 Å². The second-order valence-corrected chi connectivity index (χ2v) is 5.47. The van der Waals surface area contributed by atoms with Gasteiger partial charge in [0.1, 0.15) is 0 Å². The quantitative estimate of drug-likeness (QED) is 0.928. The molecule has 0 saturated heterocycles. The number of rotatable bonds is 4. The van der Waals surface area contributed by atoms with Crippen LogP contribution in [0.3, 0.4) is 0 Å². The molecule has 5 heteroatoms. The largest absolute Gasteiger partial charge is 0.306 e. The fraction of sp³-hybridized carbons (Fsp3) is 0.357. The van der Waals surface area contributed by atoms with Crippen LogP contribution < -0.4 is 5.32 Å². The Balaban J connectivity index is 2.02. The lowest BCUT2D eigenvalue weighted by Gasteiger charge is -2.14. The molecule has 0 radical (unpaired) electrons. The molecule has 1 heterocycles. The van der Waals surface area contributed by atoms with Gasteiger partial charge in [-0.25, -0.2) is 0 Å². The minimum Gasteiger partial charge on any atom is -0.306 e. The molecule has 0 saturated carbocycles. The molecule has 0 aliphatic heterocycles. The average molecular weight is 298 g/mol. The van der Waals surface area contributed by atoms with E-state index in [9.17, 15) is 0 Å². The molecule has 2 rings (SSSR count). The molecule has 1 atom stereocenters. The lowest BCUT2D eigenvalue weighted by atomic mass is 10.1. The number of halogens is 2. The van der Waals surface area contributed by atoms with Crippen molar-refractivity contribution in [3.8, 4) is 0 Å². The van der Waals surface area contributed by atoms with Gasteiger partial charge in [0.05, 0.1) is 16.2 Å². The number of hydrogen-bond donors (Lipinski definition) is 1. The number of aromatic nitrogens is 2. The van der Waals surface area contributed by atoms with E-state index >= 15 is 0 Å². The van der Waals surface area contributed by atoms with Crippen LogP contribution >= 0.6 is 23.2 Å². The van der Waals surface area contributed by atoms with Gasteiger partial charge in [0.25, 0.3) is 0 Å². The Morgan fingerprint density at radius 3 is 2.63 bits per heavy atom. The van der Waals surface area contributed by atoms with Gasteiger partial charge in [-0.2, -0.15) is 5.10 Å². The van der Waals surface area contributed by atoms with Gasteiger partial charge < -0.3 is 5.32 Å². The van der Waals surface area contributed by atoms with Crippen molar-refractivity contribution in [1.82, 2.24) is 15.1 Å². The number of hydrogen-bond acceptors (Lipinski definition) is 2. The van der Waals surface area contributed by atoms with E-state index in [1.807, 2.05) is 36.1 Å². The first-order chi connectivity index (χ1) is 8.99. The number of aryl methyl sites for hydroxylation is 1. The van der Waals surface area contributed by atoms with Gasteiger partial charge in [-0.3, -0.25) is 4.68 Å². The van der Waals surface area contributed by atoms with Crippen molar-refractivity contribution < 1.29 is 0 Å². The summed E-state index contributed by atoms with van der Waals surface area (Å²) in [6.07, 6.45) is 1.90. The van der Waals surface area contributed by atoms with Crippen molar-refractivity contribution in [1.29, 1.82) is 0 Å². The van der Waals surface area contributed by atoms with Crippen molar-refractivity contribution in [2.75, 3.05) is 0 Å². The average Bonchev–Trinajstić information content (AvgIpc) is 2.71. The molecule has 0 amide bonds. The maximum absolute atomic E-state index is 6.00. The fourth-order valence-corrected chi connectivity index (χ4v) is 2.29. The maximum atomic E-state index is 6.00. The topological polar surface area (TPSA) is 29.9 Å². The lowest BCUT2D eigenvalue weighted by Crippen LogP contribution is -2.18. The Bertz CT molecular complexity index is 578. The molecule has 1 unspecified atom stereocenters. The van der Waals surface area contributed by atoms with E-state index < -0.39 is 0 Å². The van der Waals surface area contributed by atoms with Crippen molar-refractivity contribution in [2.45, 2.75) is 26.4 Å². The van der Waals surface area contributed by atoms with Gasteiger partial charge in [-0.05, 0) is 31.5 Å². The van der Waals surface area contributed by atoms with Crippen molar-refractivity contribution in [2.24, 2.45) is 7.05 Å². The number of benzene rings is 1. The molecule has 2 aromatic rings. The van der Waals surface area contributed by atoms with Crippen molar-refractivity contribution in [3.63, 3.8) is 0 Å². The summed E-state index contributed by atoms with van der Waals surface area (Å²) < 4.78 is 1.88. The third-order valence-electron chi connectivity index (χ3n) is 3.34. The number of nitrogens with one attached hydrogen (secondary N) is 1. The molecule has 0 spiro atoms. The van der Waals surface area contributed by atoms with Gasteiger partial charge in [0.2, 0.25) is 0 Å². The van der Waals surface area contributed by atoms with E-state index in [1.165, 1.54) is 11.3 Å². The van der Waals surface area contributed by atoms with E-state index in [0.717, 1.165) is 12.1 Å². The Morgan fingerprint density at radius 1 is 1.32 bits per heavy atom. The van der Waals surface area contributed by atoms with Crippen LogP contribution in [0.1, 0.15) is 29.8 Å². The SMILES string of the molecule is Cc1c(C(C)NCc2ccc(Cl)c(Cl)c2)cnn1C. The Kier molecular flexibility index (Phi) is 4.50. The monoisotopic (exact) mass is 297 g/mol. The van der Waals surface area contributed by atoms with E-state index in [1.54, 1.807) is 0 Å². The normalized spacial score (nSPS) is 12.7. The third kappa shape index (κ3) is 3.30. The van der Waals surface area contributed by atoms with E-state index in [2.05, 4.69) is 24.3 Å². The summed E-state index contributed by atoms with van der Waals surface area (Å²) in [5, 5.41) is 8.89. The predicted octanol–water partition coefficient (Wildman–Crippen LogP) is 3.89. The van der Waals surface area contributed by atoms with Crippen LogP contribution in [0.15, 0.2) is 24.4 Å². The molecule has 0 aliphatic carbocycles. The molecule has 3 nitrogen and oxygen atoms in total. The Labute approximate surface area is 123 Å². The summed E-state index contributed by atoms with van der Waals surface area (Å²) in [5.41, 5.74) is 3.50. The highest BCUT2D eigenvalue weighted by Gasteiger charge is 2.11. The van der Waals surface area contributed by atoms with Gasteiger partial charge in [0, 0.05) is 30.9 Å². The van der Waals surface area contributed by atoms with Crippen molar-refractivity contribution in [3.05, 3.63) is 51.3 Å². The molecule has 1 aromatic heterocycles. The lowest BCUT2D eigenvalue weighted by molar-refractivity contribution is 0.570. The molecule has 0 aliphatic rings. The van der Waals surface area contributed by atoms with Gasteiger partial charge >= 0.3 is 0 Å². The second-order valence-electron chi connectivity index (χ2n) is 4.66. The third-order valence-corrected chi connectivity index (χ3v) is 4.08. The summed E-state index contributed by atoms with van der Waals surface area (Å²) in [6.45, 7) is 4.94. The van der Waals surface area contributed by atoms with Crippen LogP contribution in [-0.2, 0) is 13.6 Å². The highest BCUT2D eigenvalue weighted by molar-refractivity contribution is 6.42. The molecule has 1 aromatic carbocycles. The van der Waals surface area contributed by atoms with E-state index in [-0.39, 0.29) is 6.04 Å². The van der Waals surface area contributed by atoms with E-state index in [0.29, 0.717) is 10.0 Å². The zero-order chi connectivity index (χ0) is 14.0. The second kappa shape index (κ2) is 5.95. The summed E-state index contributed by atoms with van der Waals surface area (Å²) in [7, 11) is 1.95. The predicted molar refractivity (Wildman–Crippen MR) is 79.7 cm³/mol. The standard InChI is InChI=1S/C14H17Cl2N3/c1-9(12-8-18-19(3)10(12)2)17-7-11-4-5-13(15)14(16)6-11/h4-6,8-9,17H,7H2,1-3H3. The first-order valence-corrected chi connectivity index (χ1v) is 6.90. The van der Waals surface area contributed by atoms with Gasteiger partial charge in [0.15, 0.2) is 0 Å². The maximum Gasteiger partial charge on any atom is 0.0595 e. The van der Waals surface area contributed by atoms with E-state index in [4.69, 9.17) is 23.2 Å². The van der Waals surface area contributed by atoms with Crippen molar-refractivity contribution >= 4 is 23.2 Å². The molecule has 0 fully saturated rings. The molecular formula is C14H17Cl2N3. The van der Waals surface area contributed by atoms with Crippen LogP contribution in [0, 0.1) is 6.92 Å². The first kappa shape index (κ1) is 14.4. The highest BCUT2D eigenvalue weighted by Crippen LogP contribution is 2.23. The Hall–Kier alpha value is -1.03. The zero-order valence-corrected chi connectivity index (χ0v) is 12.8. The van der Waals surface area contributed by atoms with Gasteiger partial charge in [-0.1, -0.05) is 29.3 Å². The minimum absolute atomic E-state index is 0.239. The van der Waals surface area contributed by atoms with Gasteiger partial charge in [-0.15, -0.1) is 0 Å². The molecule has 19 heavy (non-hydrogen) atoms.